The van der Waals surface area contributed by atoms with E-state index in [1.165, 1.54) is 0 Å². The molecule has 1 aliphatic rings. The predicted molar refractivity (Wildman–Crippen MR) is 93.4 cm³/mol. The van der Waals surface area contributed by atoms with Crippen molar-refractivity contribution < 1.29 is 9.53 Å². The number of rotatable bonds is 1. The molecule has 2 aromatic rings. The molecule has 2 heterocycles. The van der Waals surface area contributed by atoms with Crippen LogP contribution in [0.3, 0.4) is 0 Å². The summed E-state index contributed by atoms with van der Waals surface area (Å²) in [6.07, 6.45) is -0.248. The molecule has 2 atom stereocenters. The number of fused-ring (bicyclic) bond motifs is 1. The van der Waals surface area contributed by atoms with Gasteiger partial charge in [0.05, 0.1) is 11.6 Å². The van der Waals surface area contributed by atoms with Gasteiger partial charge in [-0.15, -0.1) is 0 Å². The molecule has 1 aromatic heterocycles. The average Bonchev–Trinajstić information content (AvgIpc) is 2.99. The van der Waals surface area contributed by atoms with Gasteiger partial charge < -0.3 is 9.64 Å². The number of para-hydroxylation sites is 1. The lowest BCUT2D eigenvalue weighted by Crippen LogP contribution is -2.35. The molecule has 23 heavy (non-hydrogen) atoms. The third kappa shape index (κ3) is 3.22. The molecule has 0 radical (unpaired) electrons. The van der Waals surface area contributed by atoms with Gasteiger partial charge in [-0.25, -0.2) is 4.79 Å². The number of aromatic nitrogens is 2. The van der Waals surface area contributed by atoms with Gasteiger partial charge >= 0.3 is 6.09 Å². The number of hydrogen-bond donors (Lipinski definition) is 0. The van der Waals surface area contributed by atoms with E-state index in [9.17, 15) is 4.79 Å². The summed E-state index contributed by atoms with van der Waals surface area (Å²) in [5.74, 6) is 0.317. The average molecular weight is 380 g/mol. The first-order valence-corrected chi connectivity index (χ1v) is 8.66. The molecule has 1 saturated heterocycles. The minimum atomic E-state index is -0.472. The number of ether oxygens (including phenoxy) is 1. The van der Waals surface area contributed by atoms with Crippen LogP contribution in [-0.4, -0.2) is 39.5 Å². The Labute approximate surface area is 144 Å². The van der Waals surface area contributed by atoms with Gasteiger partial charge in [-0.05, 0) is 48.7 Å². The number of benzene rings is 1. The maximum Gasteiger partial charge on any atom is 0.410 e. The van der Waals surface area contributed by atoms with Gasteiger partial charge in [0.15, 0.2) is 0 Å². The van der Waals surface area contributed by atoms with Crippen molar-refractivity contribution in [3.05, 3.63) is 28.9 Å². The summed E-state index contributed by atoms with van der Waals surface area (Å²) < 4.78 is 8.37. The highest BCUT2D eigenvalue weighted by atomic mass is 79.9. The Morgan fingerprint density at radius 3 is 2.70 bits per heavy atom. The van der Waals surface area contributed by atoms with Gasteiger partial charge in [-0.3, -0.25) is 4.68 Å². The molecule has 6 heteroatoms. The minimum absolute atomic E-state index is 0.152. The third-order valence-corrected chi connectivity index (χ3v) is 4.69. The molecule has 0 unspecified atom stereocenters. The highest BCUT2D eigenvalue weighted by molar-refractivity contribution is 9.10. The molecule has 1 amide bonds. The van der Waals surface area contributed by atoms with Gasteiger partial charge in [0.1, 0.15) is 10.2 Å². The quantitative estimate of drug-likeness (QED) is 0.744. The van der Waals surface area contributed by atoms with Crippen LogP contribution in [-0.2, 0) is 4.74 Å². The van der Waals surface area contributed by atoms with Gasteiger partial charge in [-0.1, -0.05) is 25.1 Å². The summed E-state index contributed by atoms with van der Waals surface area (Å²) in [5, 5.41) is 5.74. The highest BCUT2D eigenvalue weighted by Crippen LogP contribution is 2.33. The van der Waals surface area contributed by atoms with Gasteiger partial charge in [-0.2, -0.15) is 5.10 Å². The Bertz CT molecular complexity index is 735. The van der Waals surface area contributed by atoms with Crippen LogP contribution in [0.5, 0.6) is 0 Å². The lowest BCUT2D eigenvalue weighted by molar-refractivity contribution is 0.0285. The topological polar surface area (TPSA) is 47.4 Å². The highest BCUT2D eigenvalue weighted by Gasteiger charge is 2.37. The SMILES string of the molecule is C[C@@H]1CN(C(=O)OC(C)(C)C)C[C@H]1n1nc(Br)c2ccccc21. The molecule has 1 aliphatic heterocycles. The summed E-state index contributed by atoms with van der Waals surface area (Å²) in [7, 11) is 0. The second-order valence-electron chi connectivity index (χ2n) is 7.18. The van der Waals surface area contributed by atoms with Crippen LogP contribution in [0.1, 0.15) is 33.7 Å². The normalized spacial score (nSPS) is 21.9. The van der Waals surface area contributed by atoms with Crippen molar-refractivity contribution >= 4 is 32.9 Å². The van der Waals surface area contributed by atoms with E-state index in [4.69, 9.17) is 4.74 Å². The first-order chi connectivity index (χ1) is 10.8. The van der Waals surface area contributed by atoms with Crippen LogP contribution in [0.2, 0.25) is 0 Å². The maximum absolute atomic E-state index is 12.3. The fourth-order valence-electron chi connectivity index (χ4n) is 3.05. The molecule has 0 bridgehead atoms. The van der Waals surface area contributed by atoms with Gasteiger partial charge in [0, 0.05) is 18.5 Å². The second kappa shape index (κ2) is 5.82. The van der Waals surface area contributed by atoms with Crippen molar-refractivity contribution in [2.24, 2.45) is 5.92 Å². The number of amides is 1. The Morgan fingerprint density at radius 2 is 2.00 bits per heavy atom. The Morgan fingerprint density at radius 1 is 1.30 bits per heavy atom. The van der Waals surface area contributed by atoms with Crippen LogP contribution in [0, 0.1) is 5.92 Å². The molecular weight excluding hydrogens is 358 g/mol. The minimum Gasteiger partial charge on any atom is -0.444 e. The maximum atomic E-state index is 12.3. The predicted octanol–water partition coefficient (Wildman–Crippen LogP) is 4.23. The van der Waals surface area contributed by atoms with Crippen molar-refractivity contribution in [1.29, 1.82) is 0 Å². The van der Waals surface area contributed by atoms with Crippen LogP contribution in [0.25, 0.3) is 10.9 Å². The number of carbonyl (C=O) groups is 1. The standard InChI is InChI=1S/C17H22BrN3O2/c1-11-9-20(16(22)23-17(2,3)4)10-14(11)21-13-8-6-5-7-12(13)15(18)19-21/h5-8,11,14H,9-10H2,1-4H3/t11-,14-/m1/s1. The van der Waals surface area contributed by atoms with Crippen LogP contribution in [0.15, 0.2) is 28.9 Å². The smallest absolute Gasteiger partial charge is 0.410 e. The summed E-state index contributed by atoms with van der Waals surface area (Å²) in [6, 6.07) is 8.28. The molecule has 1 fully saturated rings. The summed E-state index contributed by atoms with van der Waals surface area (Å²) in [6.45, 7) is 9.12. The summed E-state index contributed by atoms with van der Waals surface area (Å²) in [4.78, 5) is 14.1. The Hall–Kier alpha value is -1.56. The monoisotopic (exact) mass is 379 g/mol. The van der Waals surface area contributed by atoms with Crippen molar-refractivity contribution in [3.8, 4) is 0 Å². The van der Waals surface area contributed by atoms with E-state index in [2.05, 4.69) is 34.0 Å². The molecular formula is C17H22BrN3O2. The lowest BCUT2D eigenvalue weighted by Gasteiger charge is -2.24. The first-order valence-electron chi connectivity index (χ1n) is 7.87. The number of hydrogen-bond acceptors (Lipinski definition) is 3. The molecule has 1 aromatic carbocycles. The van der Waals surface area contributed by atoms with E-state index >= 15 is 0 Å². The second-order valence-corrected chi connectivity index (χ2v) is 7.93. The van der Waals surface area contributed by atoms with E-state index in [1.807, 2.05) is 43.7 Å². The summed E-state index contributed by atoms with van der Waals surface area (Å²) in [5.41, 5.74) is 0.613. The number of nitrogens with zero attached hydrogens (tertiary/aromatic N) is 3. The molecule has 124 valence electrons. The van der Waals surface area contributed by atoms with Gasteiger partial charge in [0.2, 0.25) is 0 Å². The number of likely N-dealkylation sites (tertiary alicyclic amines) is 1. The van der Waals surface area contributed by atoms with Crippen LogP contribution < -0.4 is 0 Å². The number of carbonyl (C=O) groups excluding carboxylic acids is 1. The van der Waals surface area contributed by atoms with E-state index in [-0.39, 0.29) is 12.1 Å². The fourth-order valence-corrected chi connectivity index (χ4v) is 3.55. The van der Waals surface area contributed by atoms with E-state index in [0.29, 0.717) is 19.0 Å². The third-order valence-electron chi connectivity index (χ3n) is 4.11. The molecule has 0 aliphatic carbocycles. The van der Waals surface area contributed by atoms with Crippen molar-refractivity contribution in [2.45, 2.75) is 39.3 Å². The van der Waals surface area contributed by atoms with Crippen molar-refractivity contribution in [1.82, 2.24) is 14.7 Å². The Kier molecular flexibility index (Phi) is 4.12. The molecule has 0 spiro atoms. The zero-order valence-corrected chi connectivity index (χ0v) is 15.5. The van der Waals surface area contributed by atoms with Crippen LogP contribution in [0.4, 0.5) is 4.79 Å². The largest absolute Gasteiger partial charge is 0.444 e. The lowest BCUT2D eigenvalue weighted by atomic mass is 10.1. The van der Waals surface area contributed by atoms with E-state index in [0.717, 1.165) is 15.5 Å². The molecule has 3 rings (SSSR count). The molecule has 0 N–H and O–H groups in total. The fraction of sp³-hybridized carbons (Fsp3) is 0.529. The zero-order valence-electron chi connectivity index (χ0n) is 13.9. The number of halogens is 1. The zero-order chi connectivity index (χ0) is 16.8. The molecule has 0 saturated carbocycles. The van der Waals surface area contributed by atoms with Gasteiger partial charge in [0.25, 0.3) is 0 Å². The van der Waals surface area contributed by atoms with Crippen molar-refractivity contribution in [3.63, 3.8) is 0 Å². The summed E-state index contributed by atoms with van der Waals surface area (Å²) >= 11 is 3.53. The van der Waals surface area contributed by atoms with Crippen LogP contribution >= 0.6 is 15.9 Å². The van der Waals surface area contributed by atoms with Crippen molar-refractivity contribution in [2.75, 3.05) is 13.1 Å². The Balaban J connectivity index is 1.85. The molecule has 5 nitrogen and oxygen atoms in total. The first kappa shape index (κ1) is 16.3. The van der Waals surface area contributed by atoms with E-state index < -0.39 is 5.60 Å². The van der Waals surface area contributed by atoms with E-state index in [1.54, 1.807) is 4.90 Å².